The number of imidazole rings is 1. The lowest BCUT2D eigenvalue weighted by Gasteiger charge is -2.12. The van der Waals surface area contributed by atoms with Crippen LogP contribution in [0.2, 0.25) is 0 Å². The van der Waals surface area contributed by atoms with Crippen molar-refractivity contribution in [1.82, 2.24) is 14.7 Å². The van der Waals surface area contributed by atoms with Gasteiger partial charge in [-0.25, -0.2) is 4.98 Å². The van der Waals surface area contributed by atoms with Gasteiger partial charge in [-0.3, -0.25) is 4.79 Å². The molecule has 0 aliphatic rings. The van der Waals surface area contributed by atoms with Gasteiger partial charge in [0.2, 0.25) is 5.91 Å². The standard InChI is InChI=1S/C29H29N3OS/c1-4-20(3)30-28(33)16-14-24-29(21-11-9-19(2)10-12-21)31-27-15-13-23(18-32(24)27)26-17-22-7-5-6-8-25(22)34-26/h5-13,15,17-18,20H,4,14,16H2,1-3H3,(H,30,33)/t20-/m0/s1. The van der Waals surface area contributed by atoms with Crippen LogP contribution in [0.15, 0.2) is 72.9 Å². The molecule has 5 heteroatoms. The van der Waals surface area contributed by atoms with Gasteiger partial charge in [-0.05, 0) is 56.3 Å². The summed E-state index contributed by atoms with van der Waals surface area (Å²) in [4.78, 5) is 18.8. The van der Waals surface area contributed by atoms with Crippen LogP contribution in [-0.2, 0) is 11.2 Å². The van der Waals surface area contributed by atoms with Gasteiger partial charge in [0.05, 0.1) is 11.4 Å². The van der Waals surface area contributed by atoms with Crippen LogP contribution in [-0.4, -0.2) is 21.3 Å². The first-order valence-electron chi connectivity index (χ1n) is 11.9. The van der Waals surface area contributed by atoms with Crippen molar-refractivity contribution < 1.29 is 4.79 Å². The maximum Gasteiger partial charge on any atom is 0.220 e. The number of hydrogen-bond donors (Lipinski definition) is 1. The van der Waals surface area contributed by atoms with Crippen LogP contribution >= 0.6 is 11.3 Å². The van der Waals surface area contributed by atoms with Gasteiger partial charge in [0.25, 0.3) is 0 Å². The summed E-state index contributed by atoms with van der Waals surface area (Å²) in [5, 5.41) is 4.35. The Bertz CT molecular complexity index is 1430. The molecule has 0 unspecified atom stereocenters. The number of rotatable bonds is 7. The molecule has 5 rings (SSSR count). The lowest BCUT2D eigenvalue weighted by Crippen LogP contribution is -2.32. The van der Waals surface area contributed by atoms with Crippen LogP contribution < -0.4 is 5.32 Å². The highest BCUT2D eigenvalue weighted by Crippen LogP contribution is 2.34. The predicted molar refractivity (Wildman–Crippen MR) is 142 cm³/mol. The normalized spacial score (nSPS) is 12.3. The van der Waals surface area contributed by atoms with Crippen molar-refractivity contribution in [1.29, 1.82) is 0 Å². The van der Waals surface area contributed by atoms with Gasteiger partial charge in [0.1, 0.15) is 5.65 Å². The van der Waals surface area contributed by atoms with Crippen molar-refractivity contribution in [3.63, 3.8) is 0 Å². The Kier molecular flexibility index (Phi) is 6.20. The van der Waals surface area contributed by atoms with Gasteiger partial charge in [-0.15, -0.1) is 11.3 Å². The van der Waals surface area contributed by atoms with Crippen LogP contribution in [0.1, 0.15) is 37.9 Å². The summed E-state index contributed by atoms with van der Waals surface area (Å²) in [5.41, 5.74) is 6.37. The molecule has 5 aromatic rings. The number of thiophene rings is 1. The average molecular weight is 468 g/mol. The predicted octanol–water partition coefficient (Wildman–Crippen LogP) is 7.04. The molecule has 172 valence electrons. The van der Waals surface area contributed by atoms with Gasteiger partial charge in [0.15, 0.2) is 0 Å². The molecule has 0 fully saturated rings. The van der Waals surface area contributed by atoms with Crippen molar-refractivity contribution in [3.05, 3.63) is 84.2 Å². The van der Waals surface area contributed by atoms with Crippen molar-refractivity contribution >= 4 is 33.0 Å². The molecule has 3 heterocycles. The van der Waals surface area contributed by atoms with E-state index >= 15 is 0 Å². The Morgan fingerprint density at radius 2 is 1.82 bits per heavy atom. The fourth-order valence-electron chi connectivity index (χ4n) is 4.23. The fraction of sp³-hybridized carbons (Fsp3) is 0.241. The highest BCUT2D eigenvalue weighted by Gasteiger charge is 2.17. The van der Waals surface area contributed by atoms with Crippen LogP contribution in [0.25, 0.3) is 37.4 Å². The number of aryl methyl sites for hydroxylation is 2. The first-order chi connectivity index (χ1) is 16.5. The maximum absolute atomic E-state index is 12.6. The van der Waals surface area contributed by atoms with Crippen molar-refractivity contribution in [3.8, 4) is 21.7 Å². The number of hydrogen-bond acceptors (Lipinski definition) is 3. The number of nitrogens with zero attached hydrogens (tertiary/aromatic N) is 2. The molecule has 1 atom stereocenters. The second-order valence-corrected chi connectivity index (χ2v) is 10.0. The minimum atomic E-state index is 0.0832. The molecule has 0 bridgehead atoms. The first-order valence-corrected chi connectivity index (χ1v) is 12.7. The summed E-state index contributed by atoms with van der Waals surface area (Å²) < 4.78 is 3.45. The quantitative estimate of drug-likeness (QED) is 0.279. The molecule has 2 aromatic carbocycles. The minimum Gasteiger partial charge on any atom is -0.354 e. The highest BCUT2D eigenvalue weighted by molar-refractivity contribution is 7.22. The minimum absolute atomic E-state index is 0.0832. The molecule has 34 heavy (non-hydrogen) atoms. The van der Waals surface area contributed by atoms with Gasteiger partial charge < -0.3 is 9.72 Å². The SMILES string of the molecule is CC[C@H](C)NC(=O)CCc1c(-c2ccc(C)cc2)nc2ccc(-c3cc4ccccc4s3)cn12. The summed E-state index contributed by atoms with van der Waals surface area (Å²) in [5.74, 6) is 0.0832. The third kappa shape index (κ3) is 4.48. The number of amides is 1. The number of carbonyl (C=O) groups is 1. The van der Waals surface area contributed by atoms with E-state index in [1.807, 2.05) is 6.92 Å². The molecule has 3 aromatic heterocycles. The van der Waals surface area contributed by atoms with Gasteiger partial charge >= 0.3 is 0 Å². The second kappa shape index (κ2) is 9.43. The van der Waals surface area contributed by atoms with E-state index in [1.165, 1.54) is 20.5 Å². The number of pyridine rings is 1. The summed E-state index contributed by atoms with van der Waals surface area (Å²) in [7, 11) is 0. The van der Waals surface area contributed by atoms with Gasteiger partial charge in [-0.2, -0.15) is 0 Å². The van der Waals surface area contributed by atoms with E-state index in [2.05, 4.69) is 96.5 Å². The highest BCUT2D eigenvalue weighted by atomic mass is 32.1. The zero-order valence-electron chi connectivity index (χ0n) is 19.8. The monoisotopic (exact) mass is 467 g/mol. The van der Waals surface area contributed by atoms with Crippen LogP contribution in [0.4, 0.5) is 0 Å². The van der Waals surface area contributed by atoms with E-state index in [0.717, 1.165) is 34.6 Å². The third-order valence-corrected chi connectivity index (χ3v) is 7.53. The summed E-state index contributed by atoms with van der Waals surface area (Å²) in [6, 6.07) is 23.6. The van der Waals surface area contributed by atoms with E-state index in [9.17, 15) is 4.79 Å². The number of fused-ring (bicyclic) bond motifs is 2. The number of aromatic nitrogens is 2. The van der Waals surface area contributed by atoms with E-state index in [0.29, 0.717) is 12.8 Å². The second-order valence-electron chi connectivity index (χ2n) is 8.94. The topological polar surface area (TPSA) is 46.4 Å². The summed E-state index contributed by atoms with van der Waals surface area (Å²) in [6.45, 7) is 6.21. The fourth-order valence-corrected chi connectivity index (χ4v) is 5.28. The Morgan fingerprint density at radius 3 is 2.59 bits per heavy atom. The maximum atomic E-state index is 12.6. The first kappa shape index (κ1) is 22.4. The molecular weight excluding hydrogens is 438 g/mol. The van der Waals surface area contributed by atoms with Crippen LogP contribution in [0.3, 0.4) is 0 Å². The van der Waals surface area contributed by atoms with Crippen molar-refractivity contribution in [2.24, 2.45) is 0 Å². The van der Waals surface area contributed by atoms with Crippen LogP contribution in [0.5, 0.6) is 0 Å². The van der Waals surface area contributed by atoms with Crippen molar-refractivity contribution in [2.75, 3.05) is 0 Å². The third-order valence-electron chi connectivity index (χ3n) is 6.36. The van der Waals surface area contributed by atoms with E-state index in [4.69, 9.17) is 4.98 Å². The molecule has 0 spiro atoms. The average Bonchev–Trinajstić information content (AvgIpc) is 3.44. The smallest absolute Gasteiger partial charge is 0.220 e. The molecule has 0 aliphatic carbocycles. The molecular formula is C29H29N3OS. The van der Waals surface area contributed by atoms with E-state index in [-0.39, 0.29) is 11.9 Å². The molecule has 0 saturated carbocycles. The Balaban J connectivity index is 1.57. The summed E-state index contributed by atoms with van der Waals surface area (Å²) in [6.07, 6.45) is 4.16. The molecule has 1 amide bonds. The Morgan fingerprint density at radius 1 is 1.06 bits per heavy atom. The van der Waals surface area contributed by atoms with Gasteiger partial charge in [-0.1, -0.05) is 55.0 Å². The van der Waals surface area contributed by atoms with Gasteiger partial charge in [0, 0.05) is 39.4 Å². The molecule has 0 radical (unpaired) electrons. The number of nitrogens with one attached hydrogen (secondary N) is 1. The molecule has 0 aliphatic heterocycles. The zero-order chi connectivity index (χ0) is 23.7. The lowest BCUT2D eigenvalue weighted by atomic mass is 10.1. The number of benzene rings is 2. The molecule has 1 N–H and O–H groups in total. The number of carbonyl (C=O) groups excluding carboxylic acids is 1. The Labute approximate surface area is 204 Å². The van der Waals surface area contributed by atoms with E-state index in [1.54, 1.807) is 11.3 Å². The van der Waals surface area contributed by atoms with E-state index < -0.39 is 0 Å². The Hall–Kier alpha value is -3.44. The van der Waals surface area contributed by atoms with Crippen LogP contribution in [0, 0.1) is 6.92 Å². The zero-order valence-corrected chi connectivity index (χ0v) is 20.7. The largest absolute Gasteiger partial charge is 0.354 e. The molecule has 4 nitrogen and oxygen atoms in total. The molecule has 0 saturated heterocycles. The summed E-state index contributed by atoms with van der Waals surface area (Å²) >= 11 is 1.80. The van der Waals surface area contributed by atoms with Crippen molar-refractivity contribution in [2.45, 2.75) is 46.1 Å². The lowest BCUT2D eigenvalue weighted by molar-refractivity contribution is -0.121.